The molecule has 0 bridgehead atoms. The second-order valence-corrected chi connectivity index (χ2v) is 4.77. The van der Waals surface area contributed by atoms with Crippen molar-refractivity contribution < 1.29 is 4.79 Å². The Balaban J connectivity index is 1.85. The largest absolute Gasteiger partial charge is 0.342 e. The average molecular weight is 205 g/mol. The number of terminal acetylenes is 1. The van der Waals surface area contributed by atoms with Gasteiger partial charge in [-0.05, 0) is 31.1 Å². The summed E-state index contributed by atoms with van der Waals surface area (Å²) >= 11 is 0. The van der Waals surface area contributed by atoms with Gasteiger partial charge in [-0.1, -0.05) is 25.7 Å². The standard InChI is InChI=1S/C13H19NO/c1-3-9(4-2)14-13(15)12-10-7-5-6-8-11(10)12/h1,9-12H,4-8H2,2H3,(H,14,15). The second kappa shape index (κ2) is 4.26. The van der Waals surface area contributed by atoms with Crippen LogP contribution in [0.2, 0.25) is 0 Å². The highest BCUT2D eigenvalue weighted by atomic mass is 16.2. The maximum Gasteiger partial charge on any atom is 0.224 e. The van der Waals surface area contributed by atoms with Crippen molar-refractivity contribution >= 4 is 5.91 Å². The lowest BCUT2D eigenvalue weighted by Crippen LogP contribution is -2.35. The van der Waals surface area contributed by atoms with Crippen molar-refractivity contribution in [1.29, 1.82) is 0 Å². The summed E-state index contributed by atoms with van der Waals surface area (Å²) < 4.78 is 0. The van der Waals surface area contributed by atoms with Gasteiger partial charge in [0.2, 0.25) is 5.91 Å². The van der Waals surface area contributed by atoms with Crippen LogP contribution in [-0.2, 0) is 4.79 Å². The number of hydrogen-bond acceptors (Lipinski definition) is 1. The van der Waals surface area contributed by atoms with Crippen molar-refractivity contribution in [2.75, 3.05) is 0 Å². The summed E-state index contributed by atoms with van der Waals surface area (Å²) in [4.78, 5) is 11.9. The van der Waals surface area contributed by atoms with Crippen LogP contribution < -0.4 is 5.32 Å². The molecular formula is C13H19NO. The SMILES string of the molecule is C#CC(CC)NC(=O)C1C2CCCCC21. The minimum absolute atomic E-state index is 0.0693. The zero-order valence-electron chi connectivity index (χ0n) is 9.33. The smallest absolute Gasteiger partial charge is 0.224 e. The molecule has 15 heavy (non-hydrogen) atoms. The third kappa shape index (κ3) is 2.02. The first-order chi connectivity index (χ1) is 7.27. The lowest BCUT2D eigenvalue weighted by molar-refractivity contribution is -0.123. The van der Waals surface area contributed by atoms with E-state index in [1.807, 2.05) is 6.92 Å². The fourth-order valence-corrected chi connectivity index (χ4v) is 2.91. The summed E-state index contributed by atoms with van der Waals surface area (Å²) in [6.07, 6.45) is 11.3. The molecule has 0 aromatic carbocycles. The van der Waals surface area contributed by atoms with E-state index in [9.17, 15) is 4.79 Å². The number of carbonyl (C=O) groups excluding carboxylic acids is 1. The molecule has 3 atom stereocenters. The number of amides is 1. The molecule has 2 fully saturated rings. The van der Waals surface area contributed by atoms with Gasteiger partial charge >= 0.3 is 0 Å². The van der Waals surface area contributed by atoms with Gasteiger partial charge in [0, 0.05) is 5.92 Å². The summed E-state index contributed by atoms with van der Waals surface area (Å²) in [5.74, 6) is 4.46. The quantitative estimate of drug-likeness (QED) is 0.701. The Bertz CT molecular complexity index is 279. The minimum atomic E-state index is -0.0693. The van der Waals surface area contributed by atoms with E-state index in [2.05, 4.69) is 11.2 Å². The monoisotopic (exact) mass is 205 g/mol. The Morgan fingerprint density at radius 2 is 2.07 bits per heavy atom. The molecule has 0 radical (unpaired) electrons. The van der Waals surface area contributed by atoms with E-state index in [0.717, 1.165) is 6.42 Å². The fraction of sp³-hybridized carbons (Fsp3) is 0.769. The highest BCUT2D eigenvalue weighted by Gasteiger charge is 2.54. The van der Waals surface area contributed by atoms with Gasteiger partial charge in [-0.15, -0.1) is 6.42 Å². The predicted molar refractivity (Wildman–Crippen MR) is 60.0 cm³/mol. The van der Waals surface area contributed by atoms with Gasteiger partial charge in [-0.3, -0.25) is 4.79 Å². The Morgan fingerprint density at radius 3 is 2.53 bits per heavy atom. The summed E-state index contributed by atoms with van der Waals surface area (Å²) in [6, 6.07) is -0.0693. The van der Waals surface area contributed by atoms with Gasteiger partial charge in [0.1, 0.15) is 0 Å². The van der Waals surface area contributed by atoms with Crippen LogP contribution in [0, 0.1) is 30.1 Å². The first-order valence-electron chi connectivity index (χ1n) is 6.04. The molecule has 2 nitrogen and oxygen atoms in total. The number of fused-ring (bicyclic) bond motifs is 1. The van der Waals surface area contributed by atoms with E-state index < -0.39 is 0 Å². The topological polar surface area (TPSA) is 29.1 Å². The second-order valence-electron chi connectivity index (χ2n) is 4.77. The zero-order chi connectivity index (χ0) is 10.8. The van der Waals surface area contributed by atoms with Gasteiger partial charge in [-0.25, -0.2) is 0 Å². The molecule has 0 saturated heterocycles. The normalized spacial score (nSPS) is 34.8. The maximum absolute atomic E-state index is 11.9. The van der Waals surface area contributed by atoms with E-state index in [0.29, 0.717) is 11.8 Å². The molecule has 0 spiro atoms. The number of hydrogen-bond donors (Lipinski definition) is 1. The Labute approximate surface area is 91.8 Å². The van der Waals surface area contributed by atoms with Crippen LogP contribution in [0.4, 0.5) is 0 Å². The molecule has 1 N–H and O–H groups in total. The van der Waals surface area contributed by atoms with Crippen molar-refractivity contribution in [2.45, 2.75) is 45.1 Å². The molecular weight excluding hydrogens is 186 g/mol. The first kappa shape index (κ1) is 10.5. The van der Waals surface area contributed by atoms with Gasteiger partial charge in [0.05, 0.1) is 6.04 Å². The summed E-state index contributed by atoms with van der Waals surface area (Å²) in [5, 5.41) is 2.96. The number of carbonyl (C=O) groups is 1. The number of rotatable bonds is 3. The van der Waals surface area contributed by atoms with Crippen LogP contribution in [0.5, 0.6) is 0 Å². The molecule has 0 aromatic rings. The number of nitrogens with one attached hydrogen (secondary N) is 1. The summed E-state index contributed by atoms with van der Waals surface area (Å²) in [6.45, 7) is 2.00. The van der Waals surface area contributed by atoms with Crippen LogP contribution in [0.25, 0.3) is 0 Å². The van der Waals surface area contributed by atoms with Gasteiger partial charge < -0.3 is 5.32 Å². The highest BCUT2D eigenvalue weighted by molar-refractivity contribution is 5.82. The Kier molecular flexibility index (Phi) is 3.00. The molecule has 0 aromatic heterocycles. The fourth-order valence-electron chi connectivity index (χ4n) is 2.91. The van der Waals surface area contributed by atoms with Crippen molar-refractivity contribution in [2.24, 2.45) is 17.8 Å². The third-order valence-electron chi connectivity index (χ3n) is 3.89. The molecule has 1 amide bonds. The first-order valence-corrected chi connectivity index (χ1v) is 6.04. The van der Waals surface area contributed by atoms with Crippen LogP contribution in [0.15, 0.2) is 0 Å². The molecule has 2 aliphatic rings. The summed E-state index contributed by atoms with van der Waals surface area (Å²) in [7, 11) is 0. The molecule has 2 rings (SSSR count). The van der Waals surface area contributed by atoms with Crippen molar-refractivity contribution in [3.8, 4) is 12.3 Å². The van der Waals surface area contributed by atoms with Gasteiger partial charge in [0.25, 0.3) is 0 Å². The van der Waals surface area contributed by atoms with E-state index in [-0.39, 0.29) is 17.9 Å². The van der Waals surface area contributed by atoms with E-state index >= 15 is 0 Å². The maximum atomic E-state index is 11.9. The lowest BCUT2D eigenvalue weighted by Gasteiger charge is -2.10. The molecule has 0 aliphatic heterocycles. The van der Waals surface area contributed by atoms with Crippen LogP contribution >= 0.6 is 0 Å². The van der Waals surface area contributed by atoms with E-state index in [1.165, 1.54) is 25.7 Å². The van der Waals surface area contributed by atoms with Gasteiger partial charge in [-0.2, -0.15) is 0 Å². The zero-order valence-corrected chi connectivity index (χ0v) is 9.33. The predicted octanol–water partition coefficient (Wildman–Crippen LogP) is 1.95. The highest BCUT2D eigenvalue weighted by Crippen LogP contribution is 2.55. The lowest BCUT2D eigenvalue weighted by atomic mass is 10.0. The Morgan fingerprint density at radius 1 is 1.47 bits per heavy atom. The summed E-state index contributed by atoms with van der Waals surface area (Å²) in [5.41, 5.74) is 0. The average Bonchev–Trinajstić information content (AvgIpc) is 2.99. The van der Waals surface area contributed by atoms with Crippen LogP contribution in [0.3, 0.4) is 0 Å². The Hall–Kier alpha value is -0.970. The molecule has 2 saturated carbocycles. The molecule has 3 unspecified atom stereocenters. The van der Waals surface area contributed by atoms with E-state index in [1.54, 1.807) is 0 Å². The van der Waals surface area contributed by atoms with Gasteiger partial charge in [0.15, 0.2) is 0 Å². The van der Waals surface area contributed by atoms with Crippen molar-refractivity contribution in [3.05, 3.63) is 0 Å². The van der Waals surface area contributed by atoms with Crippen molar-refractivity contribution in [3.63, 3.8) is 0 Å². The van der Waals surface area contributed by atoms with Crippen LogP contribution in [0.1, 0.15) is 39.0 Å². The molecule has 2 aliphatic carbocycles. The molecule has 2 heteroatoms. The van der Waals surface area contributed by atoms with Crippen LogP contribution in [-0.4, -0.2) is 11.9 Å². The molecule has 0 heterocycles. The third-order valence-corrected chi connectivity index (χ3v) is 3.89. The minimum Gasteiger partial charge on any atom is -0.342 e. The molecule has 82 valence electrons. The van der Waals surface area contributed by atoms with E-state index in [4.69, 9.17) is 6.42 Å². The van der Waals surface area contributed by atoms with Crippen molar-refractivity contribution in [1.82, 2.24) is 5.32 Å².